The second kappa shape index (κ2) is 9.06. The van der Waals surface area contributed by atoms with Crippen molar-refractivity contribution < 1.29 is 19.1 Å². The van der Waals surface area contributed by atoms with Crippen molar-refractivity contribution in [3.63, 3.8) is 0 Å². The Hall–Kier alpha value is -2.93. The number of nitrogens with one attached hydrogen (secondary N) is 2. The minimum atomic E-state index is -0.216. The van der Waals surface area contributed by atoms with Crippen LogP contribution in [0.4, 0.5) is 10.5 Å². The Balaban J connectivity index is 1.48. The van der Waals surface area contributed by atoms with Gasteiger partial charge in [0.2, 0.25) is 0 Å². The van der Waals surface area contributed by atoms with E-state index in [1.807, 2.05) is 18.2 Å². The molecule has 31 heavy (non-hydrogen) atoms. The standard InChI is InChI=1S/C23H26ClN3O4/c1-30-16-8-10-18(21(13-16)31-2)20-4-3-11-27(20)23(29)26-15-7-9-17(19(24)12-15)22(28)25-14-5-6-14/h7-10,12-14,20H,3-6,11H2,1-2H3,(H,25,28)(H,26,29). The third kappa shape index (κ3) is 4.71. The van der Waals surface area contributed by atoms with Gasteiger partial charge in [-0.1, -0.05) is 11.6 Å². The predicted molar refractivity (Wildman–Crippen MR) is 119 cm³/mol. The van der Waals surface area contributed by atoms with Gasteiger partial charge in [-0.25, -0.2) is 4.79 Å². The van der Waals surface area contributed by atoms with E-state index < -0.39 is 0 Å². The van der Waals surface area contributed by atoms with E-state index in [2.05, 4.69) is 10.6 Å². The van der Waals surface area contributed by atoms with E-state index in [1.165, 1.54) is 0 Å². The Morgan fingerprint density at radius 3 is 2.55 bits per heavy atom. The number of anilines is 1. The molecule has 1 aliphatic carbocycles. The van der Waals surface area contributed by atoms with Gasteiger partial charge in [-0.2, -0.15) is 0 Å². The van der Waals surface area contributed by atoms with Gasteiger partial charge < -0.3 is 25.0 Å². The smallest absolute Gasteiger partial charge is 0.322 e. The zero-order chi connectivity index (χ0) is 22.0. The highest BCUT2D eigenvalue weighted by atomic mass is 35.5. The first-order valence-electron chi connectivity index (χ1n) is 10.4. The van der Waals surface area contributed by atoms with Gasteiger partial charge >= 0.3 is 6.03 Å². The molecular formula is C23H26ClN3O4. The molecule has 0 aromatic heterocycles. The van der Waals surface area contributed by atoms with E-state index in [0.717, 1.165) is 31.2 Å². The summed E-state index contributed by atoms with van der Waals surface area (Å²) in [4.78, 5) is 27.1. The number of hydrogen-bond acceptors (Lipinski definition) is 4. The number of halogens is 1. The SMILES string of the molecule is COc1ccc(C2CCCN2C(=O)Nc2ccc(C(=O)NC3CC3)c(Cl)c2)c(OC)c1. The topological polar surface area (TPSA) is 79.9 Å². The van der Waals surface area contributed by atoms with E-state index >= 15 is 0 Å². The van der Waals surface area contributed by atoms with Crippen LogP contribution in [-0.2, 0) is 0 Å². The molecule has 2 fully saturated rings. The average molecular weight is 444 g/mol. The maximum atomic E-state index is 13.0. The molecular weight excluding hydrogens is 418 g/mol. The number of likely N-dealkylation sites (tertiary alicyclic amines) is 1. The van der Waals surface area contributed by atoms with Gasteiger partial charge in [0.05, 0.1) is 30.8 Å². The molecule has 2 aromatic rings. The monoisotopic (exact) mass is 443 g/mol. The normalized spacial score (nSPS) is 17.9. The fourth-order valence-electron chi connectivity index (χ4n) is 3.89. The lowest BCUT2D eigenvalue weighted by molar-refractivity contribution is 0.0951. The van der Waals surface area contributed by atoms with Crippen molar-refractivity contribution in [2.75, 3.05) is 26.1 Å². The summed E-state index contributed by atoms with van der Waals surface area (Å²) < 4.78 is 10.8. The average Bonchev–Trinajstić information content (AvgIpc) is 3.44. The molecule has 0 radical (unpaired) electrons. The van der Waals surface area contributed by atoms with E-state index in [9.17, 15) is 9.59 Å². The Kier molecular flexibility index (Phi) is 6.23. The molecule has 2 N–H and O–H groups in total. The highest BCUT2D eigenvalue weighted by molar-refractivity contribution is 6.34. The van der Waals surface area contributed by atoms with Crippen LogP contribution in [0.5, 0.6) is 11.5 Å². The van der Waals surface area contributed by atoms with Crippen LogP contribution >= 0.6 is 11.6 Å². The molecule has 164 valence electrons. The van der Waals surface area contributed by atoms with Crippen LogP contribution in [0.2, 0.25) is 5.02 Å². The van der Waals surface area contributed by atoms with Gasteiger partial charge in [0.25, 0.3) is 5.91 Å². The summed E-state index contributed by atoms with van der Waals surface area (Å²) in [5, 5.41) is 6.14. The summed E-state index contributed by atoms with van der Waals surface area (Å²) in [6, 6.07) is 10.5. The number of carbonyl (C=O) groups is 2. The molecule has 2 aromatic carbocycles. The molecule has 1 unspecified atom stereocenters. The molecule has 1 saturated heterocycles. The lowest BCUT2D eigenvalue weighted by atomic mass is 10.0. The van der Waals surface area contributed by atoms with Gasteiger partial charge in [0.1, 0.15) is 11.5 Å². The molecule has 1 heterocycles. The number of ether oxygens (including phenoxy) is 2. The highest BCUT2D eigenvalue weighted by Crippen LogP contribution is 2.39. The quantitative estimate of drug-likeness (QED) is 0.682. The summed E-state index contributed by atoms with van der Waals surface area (Å²) in [6.45, 7) is 0.640. The number of benzene rings is 2. The van der Waals surface area contributed by atoms with Crippen LogP contribution in [0, 0.1) is 0 Å². The van der Waals surface area contributed by atoms with E-state index in [0.29, 0.717) is 34.3 Å². The number of methoxy groups -OCH3 is 2. The molecule has 0 bridgehead atoms. The van der Waals surface area contributed by atoms with Crippen LogP contribution in [-0.4, -0.2) is 43.6 Å². The van der Waals surface area contributed by atoms with Gasteiger partial charge in [0, 0.05) is 29.9 Å². The minimum Gasteiger partial charge on any atom is -0.497 e. The van der Waals surface area contributed by atoms with Crippen LogP contribution in [0.1, 0.15) is 47.6 Å². The highest BCUT2D eigenvalue weighted by Gasteiger charge is 2.32. The molecule has 2 aliphatic rings. The van der Waals surface area contributed by atoms with Crippen molar-refractivity contribution in [3.8, 4) is 11.5 Å². The molecule has 7 nitrogen and oxygen atoms in total. The van der Waals surface area contributed by atoms with Crippen molar-refractivity contribution in [1.29, 1.82) is 0 Å². The van der Waals surface area contributed by atoms with Gasteiger partial charge in [-0.3, -0.25) is 4.79 Å². The zero-order valence-corrected chi connectivity index (χ0v) is 18.4. The van der Waals surface area contributed by atoms with Crippen LogP contribution < -0.4 is 20.1 Å². The molecule has 4 rings (SSSR count). The van der Waals surface area contributed by atoms with E-state index in [-0.39, 0.29) is 24.0 Å². The first-order chi connectivity index (χ1) is 15.0. The zero-order valence-electron chi connectivity index (χ0n) is 17.6. The predicted octanol–water partition coefficient (Wildman–Crippen LogP) is 4.62. The van der Waals surface area contributed by atoms with Crippen molar-refractivity contribution in [2.45, 2.75) is 37.8 Å². The largest absolute Gasteiger partial charge is 0.497 e. The number of carbonyl (C=O) groups excluding carboxylic acids is 2. The van der Waals surface area contributed by atoms with Crippen LogP contribution in [0.15, 0.2) is 36.4 Å². The Labute approximate surface area is 186 Å². The van der Waals surface area contributed by atoms with Gasteiger partial charge in [-0.15, -0.1) is 0 Å². The second-order valence-corrected chi connectivity index (χ2v) is 8.24. The fraction of sp³-hybridized carbons (Fsp3) is 0.391. The number of nitrogens with zero attached hydrogens (tertiary/aromatic N) is 1. The molecule has 1 aliphatic heterocycles. The van der Waals surface area contributed by atoms with E-state index in [4.69, 9.17) is 21.1 Å². The lowest BCUT2D eigenvalue weighted by Gasteiger charge is -2.27. The number of urea groups is 1. The minimum absolute atomic E-state index is 0.0973. The molecule has 1 atom stereocenters. The van der Waals surface area contributed by atoms with Crippen LogP contribution in [0.25, 0.3) is 0 Å². The van der Waals surface area contributed by atoms with Crippen molar-refractivity contribution in [1.82, 2.24) is 10.2 Å². The van der Waals surface area contributed by atoms with Gasteiger partial charge in [-0.05, 0) is 56.0 Å². The summed E-state index contributed by atoms with van der Waals surface area (Å²) in [5.41, 5.74) is 1.90. The van der Waals surface area contributed by atoms with Crippen molar-refractivity contribution in [3.05, 3.63) is 52.5 Å². The third-order valence-electron chi connectivity index (χ3n) is 5.69. The molecule has 8 heteroatoms. The lowest BCUT2D eigenvalue weighted by Crippen LogP contribution is -2.34. The maximum absolute atomic E-state index is 13.0. The molecule has 0 spiro atoms. The molecule has 1 saturated carbocycles. The summed E-state index contributed by atoms with van der Waals surface area (Å²) in [6.07, 6.45) is 3.76. The Morgan fingerprint density at radius 2 is 1.87 bits per heavy atom. The fourth-order valence-corrected chi connectivity index (χ4v) is 4.16. The summed E-state index contributed by atoms with van der Waals surface area (Å²) >= 11 is 6.31. The van der Waals surface area contributed by atoms with Crippen molar-refractivity contribution >= 4 is 29.2 Å². The van der Waals surface area contributed by atoms with Gasteiger partial charge in [0.15, 0.2) is 0 Å². The Morgan fingerprint density at radius 1 is 1.06 bits per heavy atom. The summed E-state index contributed by atoms with van der Waals surface area (Å²) in [5.74, 6) is 1.21. The van der Waals surface area contributed by atoms with Crippen molar-refractivity contribution in [2.24, 2.45) is 0 Å². The second-order valence-electron chi connectivity index (χ2n) is 7.83. The third-order valence-corrected chi connectivity index (χ3v) is 6.00. The first kappa shape index (κ1) is 21.3. The molecule has 3 amide bonds. The number of amides is 3. The van der Waals surface area contributed by atoms with Crippen LogP contribution in [0.3, 0.4) is 0 Å². The summed E-state index contributed by atoms with van der Waals surface area (Å²) in [7, 11) is 3.22. The number of hydrogen-bond donors (Lipinski definition) is 2. The number of rotatable bonds is 6. The Bertz CT molecular complexity index is 993. The maximum Gasteiger partial charge on any atom is 0.322 e. The van der Waals surface area contributed by atoms with E-state index in [1.54, 1.807) is 37.3 Å². The first-order valence-corrected chi connectivity index (χ1v) is 10.8.